The summed E-state index contributed by atoms with van der Waals surface area (Å²) >= 11 is 0. The molecule has 98 valence electrons. The summed E-state index contributed by atoms with van der Waals surface area (Å²) in [5.41, 5.74) is 0.0345. The molecule has 0 bridgehead atoms. The van der Waals surface area contributed by atoms with Crippen LogP contribution in [0.4, 0.5) is 13.2 Å². The number of hydrogen-bond donors (Lipinski definition) is 1. The lowest BCUT2D eigenvalue weighted by atomic mass is 10.1. The van der Waals surface area contributed by atoms with Crippen molar-refractivity contribution >= 4 is 10.9 Å². The third-order valence-corrected chi connectivity index (χ3v) is 2.50. The first-order valence-corrected chi connectivity index (χ1v) is 5.36. The number of aromatic nitrogens is 2. The molecule has 0 unspecified atom stereocenters. The fraction of sp³-hybridized carbons (Fsp3) is 0.250. The lowest BCUT2D eigenvalue weighted by Gasteiger charge is -2.10. The van der Waals surface area contributed by atoms with Gasteiger partial charge in [0.2, 0.25) is 5.82 Å². The average molecular weight is 267 g/mol. The van der Waals surface area contributed by atoms with Crippen molar-refractivity contribution in [2.45, 2.75) is 19.0 Å². The highest BCUT2D eigenvalue weighted by molar-refractivity contribution is 5.87. The first kappa shape index (κ1) is 13.1. The predicted molar refractivity (Wildman–Crippen MR) is 60.1 cm³/mol. The normalized spacial score (nSPS) is 11.5. The van der Waals surface area contributed by atoms with E-state index >= 15 is 0 Å². The van der Waals surface area contributed by atoms with Gasteiger partial charge in [-0.2, -0.15) is 18.4 Å². The van der Waals surface area contributed by atoms with Crippen molar-refractivity contribution in [3.63, 3.8) is 0 Å². The SMILES string of the molecule is N#CCCc1nc(C(F)(F)F)nc2cccc(O)c12. The Hall–Kier alpha value is -2.36. The number of hydrogen-bond acceptors (Lipinski definition) is 4. The largest absolute Gasteiger partial charge is 0.507 e. The van der Waals surface area contributed by atoms with E-state index in [1.165, 1.54) is 18.2 Å². The number of nitriles is 1. The van der Waals surface area contributed by atoms with E-state index in [1.54, 1.807) is 0 Å². The molecular weight excluding hydrogens is 259 g/mol. The maximum absolute atomic E-state index is 12.7. The highest BCUT2D eigenvalue weighted by Crippen LogP contribution is 2.32. The Bertz CT molecular complexity index is 662. The molecule has 0 aliphatic carbocycles. The Morgan fingerprint density at radius 2 is 2.00 bits per heavy atom. The number of rotatable bonds is 2. The van der Waals surface area contributed by atoms with Crippen molar-refractivity contribution in [1.82, 2.24) is 9.97 Å². The van der Waals surface area contributed by atoms with E-state index in [9.17, 15) is 18.3 Å². The van der Waals surface area contributed by atoms with Gasteiger partial charge in [-0.3, -0.25) is 0 Å². The summed E-state index contributed by atoms with van der Waals surface area (Å²) in [6.07, 6.45) is -4.63. The molecule has 1 aromatic heterocycles. The lowest BCUT2D eigenvalue weighted by molar-refractivity contribution is -0.144. The van der Waals surface area contributed by atoms with E-state index < -0.39 is 12.0 Å². The van der Waals surface area contributed by atoms with Crippen molar-refractivity contribution in [3.8, 4) is 11.8 Å². The molecule has 0 aliphatic heterocycles. The second kappa shape index (κ2) is 4.72. The molecule has 1 N–H and O–H groups in total. The molecule has 0 saturated carbocycles. The molecule has 2 rings (SSSR count). The van der Waals surface area contributed by atoms with Crippen LogP contribution < -0.4 is 0 Å². The van der Waals surface area contributed by atoms with Gasteiger partial charge in [-0.05, 0) is 12.1 Å². The Kier molecular flexibility index (Phi) is 3.25. The predicted octanol–water partition coefficient (Wildman–Crippen LogP) is 2.81. The van der Waals surface area contributed by atoms with E-state index in [1.807, 2.05) is 6.07 Å². The summed E-state index contributed by atoms with van der Waals surface area (Å²) in [6, 6.07) is 5.94. The van der Waals surface area contributed by atoms with Gasteiger partial charge in [0.25, 0.3) is 0 Å². The van der Waals surface area contributed by atoms with Crippen LogP contribution in [-0.2, 0) is 12.6 Å². The lowest BCUT2D eigenvalue weighted by Crippen LogP contribution is -2.13. The van der Waals surface area contributed by atoms with E-state index in [4.69, 9.17) is 5.26 Å². The molecule has 1 heterocycles. The molecule has 7 heteroatoms. The van der Waals surface area contributed by atoms with Gasteiger partial charge >= 0.3 is 6.18 Å². The average Bonchev–Trinajstić information content (AvgIpc) is 2.34. The second-order valence-corrected chi connectivity index (χ2v) is 3.82. The summed E-state index contributed by atoms with van der Waals surface area (Å²) in [6.45, 7) is 0. The Morgan fingerprint density at radius 1 is 1.26 bits per heavy atom. The van der Waals surface area contributed by atoms with E-state index in [0.29, 0.717) is 0 Å². The fourth-order valence-electron chi connectivity index (χ4n) is 1.72. The van der Waals surface area contributed by atoms with Crippen LogP contribution in [0.3, 0.4) is 0 Å². The molecule has 19 heavy (non-hydrogen) atoms. The third kappa shape index (κ3) is 2.57. The molecule has 0 fully saturated rings. The molecule has 4 nitrogen and oxygen atoms in total. The van der Waals surface area contributed by atoms with Gasteiger partial charge in [-0.1, -0.05) is 6.07 Å². The van der Waals surface area contributed by atoms with Gasteiger partial charge in [-0.15, -0.1) is 0 Å². The van der Waals surface area contributed by atoms with Crippen molar-refractivity contribution in [3.05, 3.63) is 29.7 Å². The minimum Gasteiger partial charge on any atom is -0.507 e. The number of halogens is 3. The van der Waals surface area contributed by atoms with Gasteiger partial charge in [-0.25, -0.2) is 9.97 Å². The maximum atomic E-state index is 12.7. The quantitative estimate of drug-likeness (QED) is 0.908. The van der Waals surface area contributed by atoms with E-state index in [-0.39, 0.29) is 35.2 Å². The first-order chi connectivity index (χ1) is 8.93. The molecular formula is C12H8F3N3O. The van der Waals surface area contributed by atoms with Gasteiger partial charge in [0.1, 0.15) is 5.75 Å². The molecule has 0 saturated heterocycles. The van der Waals surface area contributed by atoms with Crippen molar-refractivity contribution in [2.24, 2.45) is 0 Å². The molecule has 0 amide bonds. The monoisotopic (exact) mass is 267 g/mol. The highest BCUT2D eigenvalue weighted by Gasteiger charge is 2.35. The number of phenols is 1. The topological polar surface area (TPSA) is 69.8 Å². The zero-order chi connectivity index (χ0) is 14.0. The van der Waals surface area contributed by atoms with Crippen LogP contribution in [0.5, 0.6) is 5.75 Å². The zero-order valence-electron chi connectivity index (χ0n) is 9.57. The van der Waals surface area contributed by atoms with Crippen molar-refractivity contribution in [2.75, 3.05) is 0 Å². The molecule has 0 spiro atoms. The zero-order valence-corrected chi connectivity index (χ0v) is 9.57. The van der Waals surface area contributed by atoms with Gasteiger partial charge in [0.05, 0.1) is 22.7 Å². The highest BCUT2D eigenvalue weighted by atomic mass is 19.4. The van der Waals surface area contributed by atoms with Crippen molar-refractivity contribution < 1.29 is 18.3 Å². The number of aryl methyl sites for hydroxylation is 1. The number of aromatic hydroxyl groups is 1. The number of alkyl halides is 3. The number of phenolic OH excluding ortho intramolecular Hbond substituents is 1. The number of nitrogens with zero attached hydrogens (tertiary/aromatic N) is 3. The van der Waals surface area contributed by atoms with Gasteiger partial charge in [0, 0.05) is 12.8 Å². The Labute approximate surface area is 106 Å². The minimum atomic E-state index is -4.67. The van der Waals surface area contributed by atoms with Crippen LogP contribution in [0.2, 0.25) is 0 Å². The Morgan fingerprint density at radius 3 is 2.63 bits per heavy atom. The number of benzene rings is 1. The second-order valence-electron chi connectivity index (χ2n) is 3.82. The van der Waals surface area contributed by atoms with Gasteiger partial charge < -0.3 is 5.11 Å². The van der Waals surface area contributed by atoms with Crippen LogP contribution in [0, 0.1) is 11.3 Å². The maximum Gasteiger partial charge on any atom is 0.451 e. The van der Waals surface area contributed by atoms with E-state index in [0.717, 1.165) is 0 Å². The summed E-state index contributed by atoms with van der Waals surface area (Å²) in [7, 11) is 0. The van der Waals surface area contributed by atoms with Crippen molar-refractivity contribution in [1.29, 1.82) is 5.26 Å². The van der Waals surface area contributed by atoms with Crippen LogP contribution in [-0.4, -0.2) is 15.1 Å². The summed E-state index contributed by atoms with van der Waals surface area (Å²) in [5, 5.41) is 18.4. The molecule has 0 aliphatic rings. The summed E-state index contributed by atoms with van der Waals surface area (Å²) in [4.78, 5) is 6.82. The molecule has 0 radical (unpaired) electrons. The van der Waals surface area contributed by atoms with Crippen LogP contribution in [0.1, 0.15) is 17.9 Å². The van der Waals surface area contributed by atoms with Crippen LogP contribution in [0.15, 0.2) is 18.2 Å². The standard InChI is InChI=1S/C12H8F3N3O/c13-12(14,15)11-17-7-3-1-5-9(19)10(7)8(18-11)4-2-6-16/h1,3,5,19H,2,4H2. The van der Waals surface area contributed by atoms with Gasteiger partial charge in [0.15, 0.2) is 0 Å². The molecule has 2 aromatic rings. The Balaban J connectivity index is 2.70. The summed E-state index contributed by atoms with van der Waals surface area (Å²) < 4.78 is 38.0. The molecule has 0 atom stereocenters. The third-order valence-electron chi connectivity index (χ3n) is 2.50. The number of fused-ring (bicyclic) bond motifs is 1. The van der Waals surface area contributed by atoms with Crippen LogP contribution in [0.25, 0.3) is 10.9 Å². The fourth-order valence-corrected chi connectivity index (χ4v) is 1.72. The smallest absolute Gasteiger partial charge is 0.451 e. The summed E-state index contributed by atoms with van der Waals surface area (Å²) in [5.74, 6) is -1.46. The molecule has 1 aromatic carbocycles. The minimum absolute atomic E-state index is 0.00950. The van der Waals surface area contributed by atoms with E-state index in [2.05, 4.69) is 9.97 Å². The first-order valence-electron chi connectivity index (χ1n) is 5.36. The van der Waals surface area contributed by atoms with Crippen LogP contribution >= 0.6 is 0 Å².